The highest BCUT2D eigenvalue weighted by atomic mass is 35.5. The van der Waals surface area contributed by atoms with Gasteiger partial charge >= 0.3 is 0 Å². The summed E-state index contributed by atoms with van der Waals surface area (Å²) in [6.45, 7) is 0. The number of pyridine rings is 1. The largest absolute Gasteiger partial charge is 0.436 e. The molecule has 0 aliphatic heterocycles. The maximum Gasteiger partial charge on any atom is 0.258 e. The quantitative estimate of drug-likeness (QED) is 0.477. The third-order valence-corrected chi connectivity index (χ3v) is 4.38. The lowest BCUT2D eigenvalue weighted by atomic mass is 10.2. The van der Waals surface area contributed by atoms with Crippen molar-refractivity contribution < 1.29 is 9.21 Å². The first-order valence-electron chi connectivity index (χ1n) is 7.69. The van der Waals surface area contributed by atoms with E-state index in [2.05, 4.69) is 15.3 Å². The molecule has 1 N–H and O–H groups in total. The van der Waals surface area contributed by atoms with Crippen molar-refractivity contribution in [2.75, 3.05) is 5.32 Å². The SMILES string of the molecule is O=C(Nc1ccc2oc(-c3ccccc3Cl)nc2c1)c1cccnc1Cl. The number of oxazole rings is 1. The number of rotatable bonds is 3. The van der Waals surface area contributed by atoms with Gasteiger partial charge in [-0.15, -0.1) is 0 Å². The summed E-state index contributed by atoms with van der Waals surface area (Å²) in [4.78, 5) is 20.7. The summed E-state index contributed by atoms with van der Waals surface area (Å²) < 4.78 is 5.76. The minimum atomic E-state index is -0.350. The second-order valence-corrected chi connectivity index (χ2v) is 6.24. The second kappa shape index (κ2) is 6.78. The van der Waals surface area contributed by atoms with E-state index in [9.17, 15) is 4.79 Å². The molecule has 128 valence electrons. The van der Waals surface area contributed by atoms with Crippen LogP contribution in [0.15, 0.2) is 65.2 Å². The molecule has 0 unspecified atom stereocenters. The summed E-state index contributed by atoms with van der Waals surface area (Å²) in [5.41, 5.74) is 2.78. The Kier molecular flexibility index (Phi) is 4.32. The van der Waals surface area contributed by atoms with Crippen molar-refractivity contribution >= 4 is 45.9 Å². The summed E-state index contributed by atoms with van der Waals surface area (Å²) in [7, 11) is 0. The Hall–Kier alpha value is -2.89. The normalized spacial score (nSPS) is 10.8. The molecule has 4 aromatic rings. The van der Waals surface area contributed by atoms with Crippen LogP contribution in [0, 0.1) is 0 Å². The number of fused-ring (bicyclic) bond motifs is 1. The minimum absolute atomic E-state index is 0.147. The first-order valence-corrected chi connectivity index (χ1v) is 8.45. The van der Waals surface area contributed by atoms with Crippen molar-refractivity contribution in [1.29, 1.82) is 0 Å². The van der Waals surface area contributed by atoms with Gasteiger partial charge in [0.15, 0.2) is 5.58 Å². The van der Waals surface area contributed by atoms with Gasteiger partial charge in [0.2, 0.25) is 5.89 Å². The van der Waals surface area contributed by atoms with Gasteiger partial charge in [-0.3, -0.25) is 4.79 Å². The highest BCUT2D eigenvalue weighted by Gasteiger charge is 2.14. The van der Waals surface area contributed by atoms with E-state index in [0.29, 0.717) is 38.8 Å². The number of hydrogen-bond acceptors (Lipinski definition) is 4. The van der Waals surface area contributed by atoms with Gasteiger partial charge in [-0.2, -0.15) is 0 Å². The van der Waals surface area contributed by atoms with Gasteiger partial charge in [0.25, 0.3) is 5.91 Å². The monoisotopic (exact) mass is 383 g/mol. The van der Waals surface area contributed by atoms with Crippen LogP contribution in [-0.2, 0) is 0 Å². The highest BCUT2D eigenvalue weighted by Crippen LogP contribution is 2.30. The minimum Gasteiger partial charge on any atom is -0.436 e. The van der Waals surface area contributed by atoms with E-state index in [1.165, 1.54) is 6.20 Å². The molecule has 2 heterocycles. The molecule has 5 nitrogen and oxygen atoms in total. The fourth-order valence-corrected chi connectivity index (χ4v) is 2.93. The van der Waals surface area contributed by atoms with Gasteiger partial charge in [-0.05, 0) is 42.5 Å². The molecule has 0 aliphatic rings. The van der Waals surface area contributed by atoms with Crippen molar-refractivity contribution in [3.8, 4) is 11.5 Å². The standard InChI is InChI=1S/C19H11Cl2N3O2/c20-14-6-2-1-4-12(14)19-24-15-10-11(7-8-16(15)26-19)23-18(25)13-5-3-9-22-17(13)21/h1-10H,(H,23,25). The van der Waals surface area contributed by atoms with E-state index in [-0.39, 0.29) is 11.1 Å². The summed E-state index contributed by atoms with van der Waals surface area (Å²) in [5, 5.41) is 3.48. The Morgan fingerprint density at radius 2 is 1.88 bits per heavy atom. The third-order valence-electron chi connectivity index (χ3n) is 3.75. The molecule has 0 spiro atoms. The Morgan fingerprint density at radius 1 is 1.04 bits per heavy atom. The molecule has 0 fully saturated rings. The van der Waals surface area contributed by atoms with Crippen molar-refractivity contribution in [1.82, 2.24) is 9.97 Å². The zero-order valence-electron chi connectivity index (χ0n) is 13.2. The van der Waals surface area contributed by atoms with Crippen LogP contribution in [0.5, 0.6) is 0 Å². The fourth-order valence-electron chi connectivity index (χ4n) is 2.51. The van der Waals surface area contributed by atoms with Crippen molar-refractivity contribution in [3.63, 3.8) is 0 Å². The van der Waals surface area contributed by atoms with Gasteiger partial charge in [0.1, 0.15) is 10.7 Å². The van der Waals surface area contributed by atoms with Crippen molar-refractivity contribution in [3.05, 3.63) is 76.5 Å². The second-order valence-electron chi connectivity index (χ2n) is 5.48. The number of aromatic nitrogens is 2. The van der Waals surface area contributed by atoms with Crippen LogP contribution in [0.2, 0.25) is 10.2 Å². The van der Waals surface area contributed by atoms with E-state index in [4.69, 9.17) is 27.6 Å². The molecule has 4 rings (SSSR count). The van der Waals surface area contributed by atoms with Crippen LogP contribution in [0.3, 0.4) is 0 Å². The van der Waals surface area contributed by atoms with Gasteiger partial charge < -0.3 is 9.73 Å². The lowest BCUT2D eigenvalue weighted by molar-refractivity contribution is 0.102. The summed E-state index contributed by atoms with van der Waals surface area (Å²) in [6.07, 6.45) is 1.52. The van der Waals surface area contributed by atoms with Crippen LogP contribution >= 0.6 is 23.2 Å². The number of anilines is 1. The van der Waals surface area contributed by atoms with Gasteiger partial charge in [0, 0.05) is 11.9 Å². The number of nitrogens with zero attached hydrogens (tertiary/aromatic N) is 2. The highest BCUT2D eigenvalue weighted by molar-refractivity contribution is 6.33. The molecule has 0 bridgehead atoms. The molecule has 0 radical (unpaired) electrons. The smallest absolute Gasteiger partial charge is 0.258 e. The summed E-state index contributed by atoms with van der Waals surface area (Å²) in [6, 6.07) is 15.8. The molecule has 2 aromatic heterocycles. The zero-order chi connectivity index (χ0) is 18.1. The predicted molar refractivity (Wildman–Crippen MR) is 102 cm³/mol. The molecule has 7 heteroatoms. The number of hydrogen-bond donors (Lipinski definition) is 1. The Morgan fingerprint density at radius 3 is 2.69 bits per heavy atom. The van der Waals surface area contributed by atoms with Crippen molar-refractivity contribution in [2.24, 2.45) is 0 Å². The Labute approximate surface area is 158 Å². The van der Waals surface area contributed by atoms with Crippen LogP contribution in [0.25, 0.3) is 22.6 Å². The molecule has 0 atom stereocenters. The number of halogens is 2. The Bertz CT molecular complexity index is 1120. The van der Waals surface area contributed by atoms with Gasteiger partial charge in [0.05, 0.1) is 16.1 Å². The fraction of sp³-hybridized carbons (Fsp3) is 0. The first-order chi connectivity index (χ1) is 12.6. The average molecular weight is 384 g/mol. The number of nitrogens with one attached hydrogen (secondary N) is 1. The maximum atomic E-state index is 12.3. The number of carbonyl (C=O) groups is 1. The predicted octanol–water partition coefficient (Wildman–Crippen LogP) is 5.45. The van der Waals surface area contributed by atoms with Crippen LogP contribution in [0.4, 0.5) is 5.69 Å². The van der Waals surface area contributed by atoms with Crippen LogP contribution in [-0.4, -0.2) is 15.9 Å². The molecule has 1 amide bonds. The Balaban J connectivity index is 1.65. The molecular weight excluding hydrogens is 373 g/mol. The van der Waals surface area contributed by atoms with E-state index in [0.717, 1.165) is 0 Å². The summed E-state index contributed by atoms with van der Waals surface area (Å²) >= 11 is 12.1. The average Bonchev–Trinajstić information content (AvgIpc) is 3.05. The van der Waals surface area contributed by atoms with Crippen molar-refractivity contribution in [2.45, 2.75) is 0 Å². The number of benzene rings is 2. The molecule has 0 aliphatic carbocycles. The summed E-state index contributed by atoms with van der Waals surface area (Å²) in [5.74, 6) is 0.0710. The van der Waals surface area contributed by atoms with E-state index in [1.807, 2.05) is 18.2 Å². The molecule has 0 saturated carbocycles. The molecule has 26 heavy (non-hydrogen) atoms. The van der Waals surface area contributed by atoms with Gasteiger partial charge in [-0.1, -0.05) is 35.3 Å². The van der Waals surface area contributed by atoms with E-state index < -0.39 is 0 Å². The van der Waals surface area contributed by atoms with E-state index in [1.54, 1.807) is 36.4 Å². The molecular formula is C19H11Cl2N3O2. The first kappa shape index (κ1) is 16.6. The molecule has 2 aromatic carbocycles. The van der Waals surface area contributed by atoms with Crippen LogP contribution < -0.4 is 5.32 Å². The van der Waals surface area contributed by atoms with Gasteiger partial charge in [-0.25, -0.2) is 9.97 Å². The number of amides is 1. The zero-order valence-corrected chi connectivity index (χ0v) is 14.8. The maximum absolute atomic E-state index is 12.3. The van der Waals surface area contributed by atoms with E-state index >= 15 is 0 Å². The van der Waals surface area contributed by atoms with Crippen LogP contribution in [0.1, 0.15) is 10.4 Å². The topological polar surface area (TPSA) is 68.0 Å². The third kappa shape index (κ3) is 3.14. The lowest BCUT2D eigenvalue weighted by Crippen LogP contribution is -2.12. The number of carbonyl (C=O) groups excluding carboxylic acids is 1. The molecule has 0 saturated heterocycles. The lowest BCUT2D eigenvalue weighted by Gasteiger charge is -2.05.